The molecule has 0 aliphatic carbocycles. The fourth-order valence-electron chi connectivity index (χ4n) is 4.59. The molecule has 2 heterocycles. The van der Waals surface area contributed by atoms with Gasteiger partial charge >= 0.3 is 12.3 Å². The number of para-hydroxylation sites is 1. The number of nitrogens with zero attached hydrogens (tertiary/aromatic N) is 1. The van der Waals surface area contributed by atoms with E-state index in [4.69, 9.17) is 4.74 Å². The molecule has 2 aromatic rings. The van der Waals surface area contributed by atoms with Gasteiger partial charge in [-0.3, -0.25) is 14.5 Å². The van der Waals surface area contributed by atoms with E-state index in [-0.39, 0.29) is 36.5 Å². The van der Waals surface area contributed by atoms with Crippen molar-refractivity contribution >= 4 is 29.3 Å². The quantitative estimate of drug-likeness (QED) is 0.430. The minimum Gasteiger partial charge on any atom is -0.445 e. The van der Waals surface area contributed by atoms with Crippen LogP contribution < -0.4 is 16.0 Å². The van der Waals surface area contributed by atoms with Crippen LogP contribution >= 0.6 is 0 Å². The van der Waals surface area contributed by atoms with E-state index >= 15 is 0 Å². The lowest BCUT2D eigenvalue weighted by Gasteiger charge is -2.36. The molecule has 2 aromatic carbocycles. The number of amides is 3. The fraction of sp³-hybridized carbons (Fsp3) is 0.296. The lowest BCUT2D eigenvalue weighted by molar-refractivity contribution is -0.137. The fourth-order valence-corrected chi connectivity index (χ4v) is 4.59. The van der Waals surface area contributed by atoms with Gasteiger partial charge in [0.1, 0.15) is 6.61 Å². The number of hydrogen-bond donors (Lipinski definition) is 3. The Morgan fingerprint density at radius 3 is 2.66 bits per heavy atom. The largest absolute Gasteiger partial charge is 0.445 e. The lowest BCUT2D eigenvalue weighted by Crippen LogP contribution is -2.50. The predicted molar refractivity (Wildman–Crippen MR) is 135 cm³/mol. The van der Waals surface area contributed by atoms with Gasteiger partial charge in [-0.25, -0.2) is 4.79 Å². The summed E-state index contributed by atoms with van der Waals surface area (Å²) in [5, 5.41) is 8.30. The Labute approximate surface area is 217 Å². The highest BCUT2D eigenvalue weighted by atomic mass is 19.4. The van der Waals surface area contributed by atoms with Crippen LogP contribution in [-0.2, 0) is 15.7 Å². The maximum Gasteiger partial charge on any atom is 0.416 e. The molecule has 2 aliphatic rings. The van der Waals surface area contributed by atoms with E-state index in [0.717, 1.165) is 17.8 Å². The van der Waals surface area contributed by atoms with Crippen LogP contribution in [0.5, 0.6) is 0 Å². The molecular weight excluding hydrogens is 501 g/mol. The number of carbonyl (C=O) groups excluding carboxylic acids is 3. The van der Waals surface area contributed by atoms with E-state index in [0.29, 0.717) is 24.9 Å². The van der Waals surface area contributed by atoms with Crippen LogP contribution in [-0.4, -0.2) is 48.0 Å². The number of alkyl halides is 3. The van der Waals surface area contributed by atoms with Crippen LogP contribution in [0.4, 0.5) is 29.3 Å². The number of rotatable bonds is 8. The Hall–Kier alpha value is -4.28. The van der Waals surface area contributed by atoms with E-state index in [9.17, 15) is 27.6 Å². The van der Waals surface area contributed by atoms with Crippen LogP contribution in [0.25, 0.3) is 0 Å². The SMILES string of the molecule is C=CCOC(=O)N1C2=CC[C@H]1C[C@H](NC(=O)CNC(=O)c1ccccc1Nc1cccc(C(F)(F)F)c1)C2. The van der Waals surface area contributed by atoms with Gasteiger partial charge in [0, 0.05) is 29.9 Å². The standard InChI is InChI=1S/C27H27F3N4O4/c1-2-12-38-26(37)34-20-10-11-21(34)15-19(14-20)33-24(35)16-31-25(36)22-8-3-4-9-23(22)32-18-7-5-6-17(13-18)27(28,29)30/h2-10,13,19,21,32H,1,11-12,14-16H2,(H,31,36)(H,33,35)/t19-,21+/m1/s1. The molecule has 2 bridgehead atoms. The third-order valence-electron chi connectivity index (χ3n) is 6.25. The molecule has 4 rings (SSSR count). The van der Waals surface area contributed by atoms with Crippen molar-refractivity contribution in [2.24, 2.45) is 0 Å². The summed E-state index contributed by atoms with van der Waals surface area (Å²) in [5.41, 5.74) is 0.613. The first-order valence-electron chi connectivity index (χ1n) is 12.0. The van der Waals surface area contributed by atoms with Gasteiger partial charge in [0.15, 0.2) is 0 Å². The Kier molecular flexibility index (Phi) is 8.04. The zero-order chi connectivity index (χ0) is 27.3. The Morgan fingerprint density at radius 2 is 1.92 bits per heavy atom. The molecule has 0 spiro atoms. The van der Waals surface area contributed by atoms with Crippen molar-refractivity contribution in [3.63, 3.8) is 0 Å². The molecule has 2 aliphatic heterocycles. The number of ether oxygens (including phenoxy) is 1. The van der Waals surface area contributed by atoms with Crippen molar-refractivity contribution in [3.05, 3.63) is 84.1 Å². The zero-order valence-corrected chi connectivity index (χ0v) is 20.4. The maximum absolute atomic E-state index is 13.0. The zero-order valence-electron chi connectivity index (χ0n) is 20.4. The molecule has 0 unspecified atom stereocenters. The molecule has 0 saturated carbocycles. The summed E-state index contributed by atoms with van der Waals surface area (Å²) in [6, 6.07) is 10.7. The van der Waals surface area contributed by atoms with Gasteiger partial charge in [0.05, 0.1) is 23.4 Å². The van der Waals surface area contributed by atoms with E-state index in [1.165, 1.54) is 24.3 Å². The van der Waals surface area contributed by atoms with Crippen molar-refractivity contribution in [2.45, 2.75) is 37.5 Å². The van der Waals surface area contributed by atoms with E-state index < -0.39 is 29.6 Å². The number of hydrogen-bond acceptors (Lipinski definition) is 5. The third-order valence-corrected chi connectivity index (χ3v) is 6.25. The second kappa shape index (κ2) is 11.4. The summed E-state index contributed by atoms with van der Waals surface area (Å²) in [4.78, 5) is 39.3. The summed E-state index contributed by atoms with van der Waals surface area (Å²) in [5.74, 6) is -0.952. The predicted octanol–water partition coefficient (Wildman–Crippen LogP) is 4.74. The molecule has 3 amide bonds. The molecule has 11 heteroatoms. The van der Waals surface area contributed by atoms with E-state index in [1.807, 2.05) is 6.08 Å². The van der Waals surface area contributed by atoms with Gasteiger partial charge in [0.25, 0.3) is 5.91 Å². The van der Waals surface area contributed by atoms with Crippen LogP contribution in [0.2, 0.25) is 0 Å². The van der Waals surface area contributed by atoms with Crippen molar-refractivity contribution in [1.29, 1.82) is 0 Å². The molecule has 1 saturated heterocycles. The number of fused-ring (bicyclic) bond motifs is 2. The molecule has 8 nitrogen and oxygen atoms in total. The molecule has 2 atom stereocenters. The van der Waals surface area contributed by atoms with Crippen LogP contribution in [0.1, 0.15) is 35.2 Å². The summed E-state index contributed by atoms with van der Waals surface area (Å²) < 4.78 is 44.3. The Bertz CT molecular complexity index is 1260. The number of piperidine rings is 1. The first-order valence-corrected chi connectivity index (χ1v) is 12.0. The lowest BCUT2D eigenvalue weighted by atomic mass is 9.98. The Morgan fingerprint density at radius 1 is 1.13 bits per heavy atom. The summed E-state index contributed by atoms with van der Waals surface area (Å²) >= 11 is 0. The molecule has 38 heavy (non-hydrogen) atoms. The van der Waals surface area contributed by atoms with E-state index in [1.54, 1.807) is 23.1 Å². The van der Waals surface area contributed by atoms with Gasteiger partial charge in [-0.2, -0.15) is 13.2 Å². The van der Waals surface area contributed by atoms with Crippen molar-refractivity contribution in [2.75, 3.05) is 18.5 Å². The second-order valence-electron chi connectivity index (χ2n) is 8.96. The first-order chi connectivity index (χ1) is 18.2. The normalized spacial score (nSPS) is 18.3. The molecular formula is C27H27F3N4O4. The average molecular weight is 529 g/mol. The third kappa shape index (κ3) is 6.34. The molecule has 3 N–H and O–H groups in total. The number of benzene rings is 2. The maximum atomic E-state index is 13.0. The highest BCUT2D eigenvalue weighted by Gasteiger charge is 2.39. The van der Waals surface area contributed by atoms with Gasteiger partial charge < -0.3 is 20.7 Å². The first kappa shape index (κ1) is 26.8. The van der Waals surface area contributed by atoms with Gasteiger partial charge in [-0.1, -0.05) is 36.9 Å². The minimum absolute atomic E-state index is 0.107. The molecule has 1 fully saturated rings. The average Bonchev–Trinajstić information content (AvgIpc) is 3.16. The van der Waals surface area contributed by atoms with Crippen molar-refractivity contribution in [3.8, 4) is 0 Å². The molecule has 0 radical (unpaired) electrons. The monoisotopic (exact) mass is 528 g/mol. The molecule has 200 valence electrons. The van der Waals surface area contributed by atoms with Gasteiger partial charge in [0.2, 0.25) is 5.91 Å². The topological polar surface area (TPSA) is 99.8 Å². The highest BCUT2D eigenvalue weighted by Crippen LogP contribution is 2.35. The van der Waals surface area contributed by atoms with Crippen molar-refractivity contribution < 1.29 is 32.3 Å². The van der Waals surface area contributed by atoms with Gasteiger partial charge in [-0.05, 0) is 43.2 Å². The van der Waals surface area contributed by atoms with Crippen LogP contribution in [0.3, 0.4) is 0 Å². The summed E-state index contributed by atoms with van der Waals surface area (Å²) in [6.45, 7) is 3.36. The van der Waals surface area contributed by atoms with E-state index in [2.05, 4.69) is 22.5 Å². The van der Waals surface area contributed by atoms with Crippen molar-refractivity contribution in [1.82, 2.24) is 15.5 Å². The smallest absolute Gasteiger partial charge is 0.416 e. The number of nitrogens with one attached hydrogen (secondary N) is 3. The number of carbonyl (C=O) groups is 3. The summed E-state index contributed by atoms with van der Waals surface area (Å²) in [7, 11) is 0. The number of halogens is 3. The Balaban J connectivity index is 1.31. The van der Waals surface area contributed by atoms with Crippen LogP contribution in [0.15, 0.2) is 73.0 Å². The second-order valence-corrected chi connectivity index (χ2v) is 8.96. The van der Waals surface area contributed by atoms with Gasteiger partial charge in [-0.15, -0.1) is 0 Å². The minimum atomic E-state index is -4.50. The van der Waals surface area contributed by atoms with Crippen LogP contribution in [0, 0.1) is 0 Å². The molecule has 0 aromatic heterocycles. The number of anilines is 2. The summed E-state index contributed by atoms with van der Waals surface area (Å²) in [6.07, 6.45) is 0.210. The highest BCUT2D eigenvalue weighted by molar-refractivity contribution is 6.01.